The highest BCUT2D eigenvalue weighted by atomic mass is 35.5. The standard InChI is InChI=1S/C10H6ClNO3/c1-2-9(13)12-8-5-6(10(14)15)3-4-7(8)11/h1,3-5H,(H,12,13)(H,14,15). The van der Waals surface area contributed by atoms with Gasteiger partial charge in [-0.15, -0.1) is 6.42 Å². The average Bonchev–Trinajstić information content (AvgIpc) is 2.20. The summed E-state index contributed by atoms with van der Waals surface area (Å²) in [7, 11) is 0. The molecule has 0 bridgehead atoms. The van der Waals surface area contributed by atoms with Crippen LogP contribution in [0.25, 0.3) is 0 Å². The second-order valence-corrected chi connectivity index (χ2v) is 3.01. The molecular formula is C10H6ClNO3. The normalized spacial score (nSPS) is 9.07. The monoisotopic (exact) mass is 223 g/mol. The maximum Gasteiger partial charge on any atom is 0.335 e. The molecule has 0 aromatic heterocycles. The van der Waals surface area contributed by atoms with E-state index in [2.05, 4.69) is 5.32 Å². The number of aromatic carboxylic acids is 1. The first-order valence-electron chi connectivity index (χ1n) is 3.85. The van der Waals surface area contributed by atoms with Crippen molar-refractivity contribution in [1.29, 1.82) is 0 Å². The smallest absolute Gasteiger partial charge is 0.335 e. The first-order valence-corrected chi connectivity index (χ1v) is 4.23. The van der Waals surface area contributed by atoms with Crippen LogP contribution in [0, 0.1) is 12.3 Å². The number of hydrogen-bond acceptors (Lipinski definition) is 2. The van der Waals surface area contributed by atoms with E-state index in [9.17, 15) is 9.59 Å². The summed E-state index contributed by atoms with van der Waals surface area (Å²) in [6.07, 6.45) is 4.85. The molecule has 0 aliphatic carbocycles. The minimum Gasteiger partial charge on any atom is -0.478 e. The first kappa shape index (κ1) is 11.1. The van der Waals surface area contributed by atoms with E-state index in [-0.39, 0.29) is 16.3 Å². The fourth-order valence-corrected chi connectivity index (χ4v) is 1.08. The SMILES string of the molecule is C#CC(=O)Nc1cc(C(=O)O)ccc1Cl. The third-order valence-electron chi connectivity index (χ3n) is 1.59. The Morgan fingerprint density at radius 1 is 1.47 bits per heavy atom. The molecule has 0 unspecified atom stereocenters. The Morgan fingerprint density at radius 2 is 2.13 bits per heavy atom. The number of carbonyl (C=O) groups excluding carboxylic acids is 1. The summed E-state index contributed by atoms with van der Waals surface area (Å²) in [4.78, 5) is 21.5. The maximum atomic E-state index is 10.9. The van der Waals surface area contributed by atoms with Gasteiger partial charge in [0.05, 0.1) is 16.3 Å². The van der Waals surface area contributed by atoms with Crippen LogP contribution in [0.4, 0.5) is 5.69 Å². The van der Waals surface area contributed by atoms with Crippen molar-refractivity contribution in [2.45, 2.75) is 0 Å². The zero-order chi connectivity index (χ0) is 11.4. The lowest BCUT2D eigenvalue weighted by Gasteiger charge is -2.04. The van der Waals surface area contributed by atoms with Gasteiger partial charge in [-0.2, -0.15) is 0 Å². The molecule has 0 radical (unpaired) electrons. The number of amides is 1. The van der Waals surface area contributed by atoms with Crippen LogP contribution in [0.1, 0.15) is 10.4 Å². The molecule has 0 aliphatic heterocycles. The topological polar surface area (TPSA) is 66.4 Å². The lowest BCUT2D eigenvalue weighted by Crippen LogP contribution is -2.09. The van der Waals surface area contributed by atoms with E-state index in [1.807, 2.05) is 5.92 Å². The second kappa shape index (κ2) is 4.49. The Labute approximate surface area is 90.9 Å². The lowest BCUT2D eigenvalue weighted by atomic mass is 10.2. The van der Waals surface area contributed by atoms with Crippen LogP contribution >= 0.6 is 11.6 Å². The van der Waals surface area contributed by atoms with Crippen LogP contribution in [-0.2, 0) is 4.79 Å². The van der Waals surface area contributed by atoms with Gasteiger partial charge in [-0.05, 0) is 24.1 Å². The van der Waals surface area contributed by atoms with Crippen LogP contribution in [-0.4, -0.2) is 17.0 Å². The Morgan fingerprint density at radius 3 is 2.67 bits per heavy atom. The van der Waals surface area contributed by atoms with Crippen molar-refractivity contribution in [3.63, 3.8) is 0 Å². The van der Waals surface area contributed by atoms with Gasteiger partial charge in [0.2, 0.25) is 0 Å². The van der Waals surface area contributed by atoms with E-state index in [1.54, 1.807) is 0 Å². The quantitative estimate of drug-likeness (QED) is 0.749. The van der Waals surface area contributed by atoms with Gasteiger partial charge in [0, 0.05) is 0 Å². The predicted octanol–water partition coefficient (Wildman–Crippen LogP) is 1.61. The molecule has 0 spiro atoms. The van der Waals surface area contributed by atoms with Crippen molar-refractivity contribution >= 4 is 29.2 Å². The third-order valence-corrected chi connectivity index (χ3v) is 1.92. The number of benzene rings is 1. The van der Waals surface area contributed by atoms with Gasteiger partial charge in [-0.3, -0.25) is 4.79 Å². The summed E-state index contributed by atoms with van der Waals surface area (Å²) >= 11 is 5.73. The number of anilines is 1. The van der Waals surface area contributed by atoms with Gasteiger partial charge in [-0.1, -0.05) is 11.6 Å². The fourth-order valence-electron chi connectivity index (χ4n) is 0.912. The molecule has 15 heavy (non-hydrogen) atoms. The fraction of sp³-hybridized carbons (Fsp3) is 0. The third kappa shape index (κ3) is 2.73. The van der Waals surface area contributed by atoms with Gasteiger partial charge in [0.15, 0.2) is 0 Å². The van der Waals surface area contributed by atoms with Crippen molar-refractivity contribution in [1.82, 2.24) is 0 Å². The molecule has 0 atom stereocenters. The van der Waals surface area contributed by atoms with Crippen molar-refractivity contribution < 1.29 is 14.7 Å². The van der Waals surface area contributed by atoms with E-state index in [0.29, 0.717) is 0 Å². The van der Waals surface area contributed by atoms with E-state index < -0.39 is 11.9 Å². The summed E-state index contributed by atoms with van der Waals surface area (Å²) in [6.45, 7) is 0. The molecule has 4 nitrogen and oxygen atoms in total. The van der Waals surface area contributed by atoms with Gasteiger partial charge in [-0.25, -0.2) is 4.79 Å². The van der Waals surface area contributed by atoms with Crippen molar-refractivity contribution in [2.75, 3.05) is 5.32 Å². The number of carboxylic acids is 1. The Kier molecular flexibility index (Phi) is 3.32. The number of carboxylic acid groups (broad SMARTS) is 1. The van der Waals surface area contributed by atoms with Gasteiger partial charge in [0.1, 0.15) is 0 Å². The largest absolute Gasteiger partial charge is 0.478 e. The Balaban J connectivity index is 3.07. The molecule has 5 heteroatoms. The average molecular weight is 224 g/mol. The molecule has 2 N–H and O–H groups in total. The van der Waals surface area contributed by atoms with Gasteiger partial charge < -0.3 is 10.4 Å². The van der Waals surface area contributed by atoms with Crippen LogP contribution in [0.3, 0.4) is 0 Å². The highest BCUT2D eigenvalue weighted by Crippen LogP contribution is 2.22. The zero-order valence-electron chi connectivity index (χ0n) is 7.45. The number of terminal acetylenes is 1. The summed E-state index contributed by atoms with van der Waals surface area (Å²) in [6, 6.07) is 3.94. The van der Waals surface area contributed by atoms with E-state index in [4.69, 9.17) is 23.1 Å². The second-order valence-electron chi connectivity index (χ2n) is 2.60. The Hall–Kier alpha value is -1.99. The maximum absolute atomic E-state index is 10.9. The molecule has 0 heterocycles. The summed E-state index contributed by atoms with van der Waals surface area (Å²) < 4.78 is 0. The zero-order valence-corrected chi connectivity index (χ0v) is 8.21. The summed E-state index contributed by atoms with van der Waals surface area (Å²) in [5.41, 5.74) is 0.200. The molecule has 0 fully saturated rings. The number of nitrogens with one attached hydrogen (secondary N) is 1. The number of halogens is 1. The van der Waals surface area contributed by atoms with E-state index in [0.717, 1.165) is 0 Å². The molecule has 1 rings (SSSR count). The molecule has 1 amide bonds. The Bertz CT molecular complexity index is 462. The van der Waals surface area contributed by atoms with Crippen molar-refractivity contribution in [3.8, 4) is 12.3 Å². The lowest BCUT2D eigenvalue weighted by molar-refractivity contribution is -0.111. The first-order chi connectivity index (χ1) is 7.04. The van der Waals surface area contributed by atoms with Crippen molar-refractivity contribution in [2.24, 2.45) is 0 Å². The number of hydrogen-bond donors (Lipinski definition) is 2. The highest BCUT2D eigenvalue weighted by molar-refractivity contribution is 6.34. The summed E-state index contributed by atoms with van der Waals surface area (Å²) in [5, 5.41) is 11.2. The number of carbonyl (C=O) groups is 2. The molecule has 0 saturated carbocycles. The van der Waals surface area contributed by atoms with E-state index in [1.165, 1.54) is 18.2 Å². The van der Waals surface area contributed by atoms with Crippen LogP contribution in [0.5, 0.6) is 0 Å². The van der Waals surface area contributed by atoms with Crippen molar-refractivity contribution in [3.05, 3.63) is 28.8 Å². The minimum absolute atomic E-state index is 0.0201. The molecule has 76 valence electrons. The predicted molar refractivity (Wildman–Crippen MR) is 55.9 cm³/mol. The van der Waals surface area contributed by atoms with Gasteiger partial charge in [0.25, 0.3) is 5.91 Å². The molecular weight excluding hydrogens is 218 g/mol. The molecule has 0 aliphatic rings. The minimum atomic E-state index is -1.11. The highest BCUT2D eigenvalue weighted by Gasteiger charge is 2.08. The van der Waals surface area contributed by atoms with Crippen LogP contribution < -0.4 is 5.32 Å². The van der Waals surface area contributed by atoms with Crippen LogP contribution in [0.2, 0.25) is 5.02 Å². The van der Waals surface area contributed by atoms with Gasteiger partial charge >= 0.3 is 5.97 Å². The molecule has 1 aromatic rings. The molecule has 1 aromatic carbocycles. The number of rotatable bonds is 2. The van der Waals surface area contributed by atoms with Crippen LogP contribution in [0.15, 0.2) is 18.2 Å². The molecule has 0 saturated heterocycles. The van der Waals surface area contributed by atoms with E-state index >= 15 is 0 Å². The summed E-state index contributed by atoms with van der Waals surface area (Å²) in [5.74, 6) is 0.0437.